The zero-order valence-electron chi connectivity index (χ0n) is 31.3. The average molecular weight is 928 g/mol. The van der Waals surface area contributed by atoms with Gasteiger partial charge in [-0.3, -0.25) is 14.4 Å². The number of anilines is 1. The molecule has 0 amide bonds. The highest BCUT2D eigenvalue weighted by molar-refractivity contribution is 8.02. The van der Waals surface area contributed by atoms with E-state index in [1.54, 1.807) is 0 Å². The molecule has 0 radical (unpaired) electrons. The molecular formula is C36H42Cl2F2N4O12S3. The van der Waals surface area contributed by atoms with E-state index in [0.717, 1.165) is 54.4 Å². The number of aromatic nitrogens is 1. The van der Waals surface area contributed by atoms with Crippen molar-refractivity contribution >= 4 is 73.1 Å². The summed E-state index contributed by atoms with van der Waals surface area (Å²) in [5.41, 5.74) is 0.687. The monoisotopic (exact) mass is 926 g/mol. The first-order valence-electron chi connectivity index (χ1n) is 18.2. The fourth-order valence-corrected chi connectivity index (χ4v) is 10.9. The first-order chi connectivity index (χ1) is 28.1. The second-order valence-corrected chi connectivity index (χ2v) is 19.2. The van der Waals surface area contributed by atoms with Gasteiger partial charge in [0.25, 0.3) is 6.47 Å². The van der Waals surface area contributed by atoms with Gasteiger partial charge in [0.15, 0.2) is 29.3 Å². The largest absolute Gasteiger partial charge is 0.619 e. The Bertz CT molecular complexity index is 2110. The van der Waals surface area contributed by atoms with E-state index in [9.17, 15) is 35.6 Å². The third kappa shape index (κ3) is 13.4. The van der Waals surface area contributed by atoms with Crippen LogP contribution in [-0.2, 0) is 45.5 Å². The zero-order valence-corrected chi connectivity index (χ0v) is 35.3. The highest BCUT2D eigenvalue weighted by atomic mass is 35.5. The summed E-state index contributed by atoms with van der Waals surface area (Å²) >= 11 is 13.8. The van der Waals surface area contributed by atoms with E-state index in [4.69, 9.17) is 47.3 Å². The number of hydrogen-bond acceptors (Lipinski definition) is 13. The van der Waals surface area contributed by atoms with Gasteiger partial charge >= 0.3 is 12.6 Å². The Hall–Kier alpha value is -3.70. The van der Waals surface area contributed by atoms with Crippen LogP contribution < -0.4 is 18.9 Å². The van der Waals surface area contributed by atoms with Crippen molar-refractivity contribution in [1.82, 2.24) is 9.21 Å². The van der Waals surface area contributed by atoms with Crippen LogP contribution in [0.4, 0.5) is 14.5 Å². The van der Waals surface area contributed by atoms with Crippen LogP contribution in [0.15, 0.2) is 59.8 Å². The quantitative estimate of drug-likeness (QED) is 0.0764. The van der Waals surface area contributed by atoms with Gasteiger partial charge in [0.1, 0.15) is 16.1 Å². The van der Waals surface area contributed by atoms with Crippen molar-refractivity contribution < 1.29 is 64.0 Å². The molecule has 16 nitrogen and oxygen atoms in total. The maximum atomic E-state index is 13.9. The molecule has 3 heterocycles. The smallest absolute Gasteiger partial charge is 0.387 e. The van der Waals surface area contributed by atoms with Gasteiger partial charge in [-0.2, -0.15) is 17.8 Å². The van der Waals surface area contributed by atoms with Crippen molar-refractivity contribution in [2.75, 3.05) is 62.2 Å². The van der Waals surface area contributed by atoms with Gasteiger partial charge in [-0.15, -0.1) is 11.8 Å². The maximum absolute atomic E-state index is 13.9. The van der Waals surface area contributed by atoms with Gasteiger partial charge in [-0.1, -0.05) is 29.3 Å². The summed E-state index contributed by atoms with van der Waals surface area (Å²) in [5.74, 6) is -0.788. The van der Waals surface area contributed by atoms with Crippen molar-refractivity contribution in [3.05, 3.63) is 81.2 Å². The van der Waals surface area contributed by atoms with E-state index >= 15 is 0 Å². The molecule has 23 heteroatoms. The molecule has 2 aromatic carbocycles. The average Bonchev–Trinajstić information content (AvgIpc) is 3.87. The van der Waals surface area contributed by atoms with Crippen molar-refractivity contribution in [3.8, 4) is 11.5 Å². The van der Waals surface area contributed by atoms with Crippen LogP contribution in [0.25, 0.3) is 0 Å². The topological polar surface area (TPSA) is 205 Å². The van der Waals surface area contributed by atoms with Gasteiger partial charge in [0, 0.05) is 43.1 Å². The van der Waals surface area contributed by atoms with E-state index < -0.39 is 44.1 Å². The Labute approximate surface area is 354 Å². The Morgan fingerprint density at radius 2 is 1.71 bits per heavy atom. The molecule has 2 saturated heterocycles. The predicted octanol–water partition coefficient (Wildman–Crippen LogP) is 4.77. The summed E-state index contributed by atoms with van der Waals surface area (Å²) in [6.07, 6.45) is 2.99. The molecule has 3 fully saturated rings. The number of carbonyl (C=O) groups is 2. The number of pyridine rings is 1. The number of halogens is 4. The van der Waals surface area contributed by atoms with Crippen LogP contribution >= 0.6 is 35.0 Å². The van der Waals surface area contributed by atoms with E-state index in [1.165, 1.54) is 42.5 Å². The summed E-state index contributed by atoms with van der Waals surface area (Å²) in [6.45, 7) is 0.132. The summed E-state index contributed by atoms with van der Waals surface area (Å²) in [6, 6.07) is 9.22. The molecule has 2 aliphatic heterocycles. The van der Waals surface area contributed by atoms with E-state index in [-0.39, 0.29) is 86.7 Å². The molecular weight excluding hydrogens is 886 g/mol. The fourth-order valence-electron chi connectivity index (χ4n) is 6.11. The van der Waals surface area contributed by atoms with E-state index in [1.807, 2.05) is 0 Å². The Balaban J connectivity index is 0.00000214. The molecule has 3 aromatic rings. The molecule has 3 aliphatic rings. The number of rotatable bonds is 18. The molecule has 0 bridgehead atoms. The number of sulfonamides is 2. The second kappa shape index (κ2) is 21.2. The van der Waals surface area contributed by atoms with Gasteiger partial charge in [-0.25, -0.2) is 21.6 Å². The van der Waals surface area contributed by atoms with Crippen LogP contribution in [0.2, 0.25) is 10.0 Å². The molecule has 1 saturated carbocycles. The lowest BCUT2D eigenvalue weighted by Gasteiger charge is -2.26. The fraction of sp³-hybridized carbons (Fsp3) is 0.472. The third-order valence-electron chi connectivity index (χ3n) is 9.21. The minimum atomic E-state index is -4.30. The van der Waals surface area contributed by atoms with Crippen LogP contribution in [0.3, 0.4) is 0 Å². The maximum Gasteiger partial charge on any atom is 0.387 e. The summed E-state index contributed by atoms with van der Waals surface area (Å²) in [5, 5.41) is 17.5. The summed E-state index contributed by atoms with van der Waals surface area (Å²) in [7, 11) is -8.01. The number of nitrogens with zero attached hydrogens (tertiary/aromatic N) is 3. The van der Waals surface area contributed by atoms with Crippen molar-refractivity contribution in [3.63, 3.8) is 0 Å². The van der Waals surface area contributed by atoms with Crippen molar-refractivity contribution in [1.29, 1.82) is 0 Å². The van der Waals surface area contributed by atoms with Gasteiger partial charge in [0.05, 0.1) is 30.5 Å². The normalized spacial score (nSPS) is 18.1. The number of nitrogens with one attached hydrogen (secondary N) is 1. The van der Waals surface area contributed by atoms with Crippen LogP contribution in [0.5, 0.6) is 11.5 Å². The minimum Gasteiger partial charge on any atom is -0.619 e. The molecule has 2 atom stereocenters. The van der Waals surface area contributed by atoms with Crippen LogP contribution in [-0.4, -0.2) is 113 Å². The first kappa shape index (κ1) is 46.4. The van der Waals surface area contributed by atoms with Gasteiger partial charge in [-0.05, 0) is 73.7 Å². The lowest BCUT2D eigenvalue weighted by Crippen LogP contribution is -2.40. The minimum absolute atomic E-state index is 0.0171. The SMILES string of the molecule is O=C(O[C@@H](Cc1c(Cl)c[n+]([O-])cc1Cl)c1ccc(OC(F)F)c(OCC2CC2)c1)C1SCCN1S(=O)(=O)c1ccc(NS(=O)(=O)CCCN2CCOCC2)cc1.O=CO. The number of ether oxygens (including phenoxy) is 4. The molecule has 59 heavy (non-hydrogen) atoms. The Morgan fingerprint density at radius 3 is 2.34 bits per heavy atom. The van der Waals surface area contributed by atoms with Crippen LogP contribution in [0, 0.1) is 11.1 Å². The Kier molecular flexibility index (Phi) is 16.7. The molecule has 1 unspecified atom stereocenters. The molecule has 324 valence electrons. The highest BCUT2D eigenvalue weighted by Crippen LogP contribution is 2.39. The number of morpholine rings is 1. The summed E-state index contributed by atoms with van der Waals surface area (Å²) < 4.78 is 105. The number of carbonyl (C=O) groups excluding carboxylic acids is 1. The predicted molar refractivity (Wildman–Crippen MR) is 214 cm³/mol. The summed E-state index contributed by atoms with van der Waals surface area (Å²) in [4.78, 5) is 24.3. The first-order valence-corrected chi connectivity index (χ1v) is 23.1. The third-order valence-corrected chi connectivity index (χ3v) is 14.4. The van der Waals surface area contributed by atoms with Crippen molar-refractivity contribution in [2.45, 2.75) is 48.7 Å². The molecule has 0 spiro atoms. The van der Waals surface area contributed by atoms with Crippen molar-refractivity contribution in [2.24, 2.45) is 5.92 Å². The molecule has 2 N–H and O–H groups in total. The zero-order chi connectivity index (χ0) is 42.7. The number of alkyl halides is 2. The molecule has 6 rings (SSSR count). The van der Waals surface area contributed by atoms with E-state index in [2.05, 4.69) is 14.4 Å². The van der Waals surface area contributed by atoms with Gasteiger partial charge in [0.2, 0.25) is 20.0 Å². The second-order valence-electron chi connectivity index (χ2n) is 13.5. The number of esters is 1. The molecule has 1 aliphatic carbocycles. The van der Waals surface area contributed by atoms with Gasteiger partial charge < -0.3 is 29.3 Å². The molecule has 1 aromatic heterocycles. The number of hydrogen-bond donors (Lipinski definition) is 2. The van der Waals surface area contributed by atoms with Crippen LogP contribution in [0.1, 0.15) is 36.5 Å². The number of thioether (sulfide) groups is 1. The van der Waals surface area contributed by atoms with E-state index in [0.29, 0.717) is 30.9 Å². The Morgan fingerprint density at radius 1 is 1.05 bits per heavy atom. The standard InChI is InChI=1S/C35H40Cl2F2N4O10S3.CH2O2/c36-28-20-42(45)21-29(37)27(28)19-31(24-4-9-30(53-35(38)39)32(18-24)51-22-23-2-3-23)52-34(44)33-43(13-16-54-33)56(48,49)26-7-5-25(6-8-26)40-55(46,47)17-1-10-41-11-14-50-15-12-41;2-1-3/h4-9,18,20-21,23,31,33,35,40H,1-3,10-17,19,22H2;1H,(H,2,3)/t31-,33?;/m0./s1. The highest BCUT2D eigenvalue weighted by Gasteiger charge is 2.42. The number of benzene rings is 2. The lowest BCUT2D eigenvalue weighted by atomic mass is 10.0. The number of carboxylic acid groups (broad SMARTS) is 1. The lowest BCUT2D eigenvalue weighted by molar-refractivity contribution is -0.605.